The van der Waals surface area contributed by atoms with Crippen molar-refractivity contribution in [2.24, 2.45) is 0 Å². The highest BCUT2D eigenvalue weighted by molar-refractivity contribution is 7.90. The lowest BCUT2D eigenvalue weighted by molar-refractivity contribution is 0.0257. The standard InChI is InChI=1S/C14H20N2O3S/c1-20(17,18)13-7-3-5-11(14(13)15)16-8-9-19-12-6-2-4-10(12)16/h3,5,7,10,12H,2,4,6,8-9,15H2,1H3. The summed E-state index contributed by atoms with van der Waals surface area (Å²) in [6, 6.07) is 5.56. The molecule has 1 saturated heterocycles. The highest BCUT2D eigenvalue weighted by Gasteiger charge is 2.37. The summed E-state index contributed by atoms with van der Waals surface area (Å²) in [5.74, 6) is 0. The van der Waals surface area contributed by atoms with Gasteiger partial charge in [-0.25, -0.2) is 8.42 Å². The fourth-order valence-electron chi connectivity index (χ4n) is 3.33. The van der Waals surface area contributed by atoms with Gasteiger partial charge in [-0.05, 0) is 31.4 Å². The summed E-state index contributed by atoms with van der Waals surface area (Å²) >= 11 is 0. The number of nitrogens with two attached hydrogens (primary N) is 1. The molecule has 2 unspecified atom stereocenters. The van der Waals surface area contributed by atoms with Crippen molar-refractivity contribution in [3.8, 4) is 0 Å². The van der Waals surface area contributed by atoms with Crippen molar-refractivity contribution in [3.05, 3.63) is 18.2 Å². The lowest BCUT2D eigenvalue weighted by atomic mass is 10.1. The zero-order valence-corrected chi connectivity index (χ0v) is 12.4. The lowest BCUT2D eigenvalue weighted by Crippen LogP contribution is -2.49. The van der Waals surface area contributed by atoms with E-state index in [1.165, 1.54) is 6.26 Å². The van der Waals surface area contributed by atoms with Gasteiger partial charge in [0.2, 0.25) is 0 Å². The lowest BCUT2D eigenvalue weighted by Gasteiger charge is -2.40. The van der Waals surface area contributed by atoms with Crippen LogP contribution in [-0.2, 0) is 14.6 Å². The van der Waals surface area contributed by atoms with Crippen LogP contribution >= 0.6 is 0 Å². The average Bonchev–Trinajstić information content (AvgIpc) is 2.86. The first-order valence-electron chi connectivity index (χ1n) is 6.95. The second kappa shape index (κ2) is 4.93. The second-order valence-electron chi connectivity index (χ2n) is 5.56. The number of nitrogen functional groups attached to an aromatic ring is 1. The van der Waals surface area contributed by atoms with Gasteiger partial charge >= 0.3 is 0 Å². The van der Waals surface area contributed by atoms with Crippen molar-refractivity contribution in [1.29, 1.82) is 0 Å². The zero-order chi connectivity index (χ0) is 14.3. The van der Waals surface area contributed by atoms with E-state index in [-0.39, 0.29) is 11.0 Å². The first kappa shape index (κ1) is 13.7. The molecule has 3 rings (SSSR count). The predicted molar refractivity (Wildman–Crippen MR) is 78.7 cm³/mol. The van der Waals surface area contributed by atoms with E-state index in [2.05, 4.69) is 4.90 Å². The van der Waals surface area contributed by atoms with Crippen molar-refractivity contribution in [2.45, 2.75) is 36.3 Å². The van der Waals surface area contributed by atoms with Crippen LogP contribution in [0.4, 0.5) is 11.4 Å². The number of morpholine rings is 1. The summed E-state index contributed by atoms with van der Waals surface area (Å²) in [7, 11) is -3.30. The summed E-state index contributed by atoms with van der Waals surface area (Å²) in [6.07, 6.45) is 4.75. The molecule has 0 radical (unpaired) electrons. The van der Waals surface area contributed by atoms with E-state index in [1.54, 1.807) is 12.1 Å². The third kappa shape index (κ3) is 2.27. The SMILES string of the molecule is CS(=O)(=O)c1cccc(N2CCOC3CCCC32)c1N. The molecule has 2 atom stereocenters. The molecular weight excluding hydrogens is 276 g/mol. The van der Waals surface area contributed by atoms with E-state index in [9.17, 15) is 8.42 Å². The predicted octanol–water partition coefficient (Wildman–Crippen LogP) is 1.43. The van der Waals surface area contributed by atoms with Gasteiger partial charge in [0, 0.05) is 12.8 Å². The Balaban J connectivity index is 2.02. The van der Waals surface area contributed by atoms with Crippen molar-refractivity contribution < 1.29 is 13.2 Å². The number of rotatable bonds is 2. The number of anilines is 2. The Kier molecular flexibility index (Phi) is 3.38. The van der Waals surface area contributed by atoms with Gasteiger partial charge in [-0.3, -0.25) is 0 Å². The van der Waals surface area contributed by atoms with Gasteiger partial charge in [0.05, 0.1) is 35.0 Å². The number of benzene rings is 1. The fraction of sp³-hybridized carbons (Fsp3) is 0.571. The Morgan fingerprint density at radius 3 is 2.90 bits per heavy atom. The molecule has 0 spiro atoms. The molecule has 20 heavy (non-hydrogen) atoms. The minimum absolute atomic E-state index is 0.219. The first-order chi connectivity index (χ1) is 9.48. The number of ether oxygens (including phenoxy) is 1. The Labute approximate surface area is 119 Å². The van der Waals surface area contributed by atoms with Gasteiger partial charge in [0.25, 0.3) is 0 Å². The normalized spacial score (nSPS) is 26.6. The molecule has 2 N–H and O–H groups in total. The van der Waals surface area contributed by atoms with Crippen LogP contribution in [0.15, 0.2) is 23.1 Å². The van der Waals surface area contributed by atoms with Crippen LogP contribution in [0.2, 0.25) is 0 Å². The van der Waals surface area contributed by atoms with E-state index in [4.69, 9.17) is 10.5 Å². The molecule has 1 aliphatic heterocycles. The van der Waals surface area contributed by atoms with Crippen LogP contribution < -0.4 is 10.6 Å². The van der Waals surface area contributed by atoms with E-state index >= 15 is 0 Å². The quantitative estimate of drug-likeness (QED) is 0.836. The third-order valence-corrected chi connectivity index (χ3v) is 5.39. The molecule has 1 aromatic carbocycles. The molecule has 2 fully saturated rings. The van der Waals surface area contributed by atoms with Crippen LogP contribution in [0, 0.1) is 0 Å². The van der Waals surface area contributed by atoms with Crippen molar-refractivity contribution >= 4 is 21.2 Å². The summed E-state index contributed by atoms with van der Waals surface area (Å²) in [5.41, 5.74) is 7.31. The number of hydrogen-bond acceptors (Lipinski definition) is 5. The molecule has 0 aromatic heterocycles. The van der Waals surface area contributed by atoms with Gasteiger partial charge in [-0.2, -0.15) is 0 Å². The second-order valence-corrected chi connectivity index (χ2v) is 7.55. The molecular formula is C14H20N2O3S. The summed E-state index contributed by atoms with van der Waals surface area (Å²) in [5, 5.41) is 0. The summed E-state index contributed by atoms with van der Waals surface area (Å²) in [4.78, 5) is 2.45. The molecule has 1 aliphatic carbocycles. The zero-order valence-electron chi connectivity index (χ0n) is 11.6. The van der Waals surface area contributed by atoms with Gasteiger partial charge < -0.3 is 15.4 Å². The van der Waals surface area contributed by atoms with Crippen LogP contribution in [0.5, 0.6) is 0 Å². The Morgan fingerprint density at radius 2 is 2.15 bits per heavy atom. The molecule has 6 heteroatoms. The van der Waals surface area contributed by atoms with Crippen molar-refractivity contribution in [3.63, 3.8) is 0 Å². The largest absolute Gasteiger partial charge is 0.396 e. The molecule has 0 bridgehead atoms. The molecule has 110 valence electrons. The molecule has 0 amide bonds. The Hall–Kier alpha value is -1.27. The monoisotopic (exact) mass is 296 g/mol. The number of nitrogens with zero attached hydrogens (tertiary/aromatic N) is 1. The van der Waals surface area contributed by atoms with E-state index in [1.807, 2.05) is 6.07 Å². The maximum atomic E-state index is 11.8. The number of hydrogen-bond donors (Lipinski definition) is 1. The first-order valence-corrected chi connectivity index (χ1v) is 8.84. The van der Waals surface area contributed by atoms with Gasteiger partial charge in [-0.1, -0.05) is 6.07 Å². The van der Waals surface area contributed by atoms with Gasteiger partial charge in [-0.15, -0.1) is 0 Å². The summed E-state index contributed by atoms with van der Waals surface area (Å²) in [6.45, 7) is 1.43. The maximum absolute atomic E-state index is 11.8. The van der Waals surface area contributed by atoms with Crippen LogP contribution in [0.25, 0.3) is 0 Å². The third-order valence-electron chi connectivity index (χ3n) is 4.23. The molecule has 1 saturated carbocycles. The topological polar surface area (TPSA) is 72.6 Å². The smallest absolute Gasteiger partial charge is 0.177 e. The van der Waals surface area contributed by atoms with Crippen LogP contribution in [0.1, 0.15) is 19.3 Å². The Bertz CT molecular complexity index is 615. The molecule has 2 aliphatic rings. The summed E-state index contributed by atoms with van der Waals surface area (Å²) < 4.78 is 29.4. The van der Waals surface area contributed by atoms with Crippen molar-refractivity contribution in [1.82, 2.24) is 0 Å². The number of sulfone groups is 1. The average molecular weight is 296 g/mol. The van der Waals surface area contributed by atoms with E-state index in [0.29, 0.717) is 18.3 Å². The molecule has 1 aromatic rings. The van der Waals surface area contributed by atoms with Crippen molar-refractivity contribution in [2.75, 3.05) is 30.0 Å². The van der Waals surface area contributed by atoms with Crippen LogP contribution in [0.3, 0.4) is 0 Å². The maximum Gasteiger partial charge on any atom is 0.177 e. The van der Waals surface area contributed by atoms with Crippen LogP contribution in [-0.4, -0.2) is 40.0 Å². The fourth-order valence-corrected chi connectivity index (χ4v) is 4.16. The molecule has 1 heterocycles. The Morgan fingerprint density at radius 1 is 1.35 bits per heavy atom. The van der Waals surface area contributed by atoms with Gasteiger partial charge in [0.15, 0.2) is 9.84 Å². The number of para-hydroxylation sites is 1. The number of fused-ring (bicyclic) bond motifs is 1. The highest BCUT2D eigenvalue weighted by atomic mass is 32.2. The molecule has 5 nitrogen and oxygen atoms in total. The van der Waals surface area contributed by atoms with Gasteiger partial charge in [0.1, 0.15) is 0 Å². The highest BCUT2D eigenvalue weighted by Crippen LogP contribution is 2.37. The van der Waals surface area contributed by atoms with E-state index < -0.39 is 9.84 Å². The minimum atomic E-state index is -3.30. The van der Waals surface area contributed by atoms with E-state index in [0.717, 1.165) is 31.5 Å². The minimum Gasteiger partial charge on any atom is -0.396 e.